The van der Waals surface area contributed by atoms with Crippen molar-refractivity contribution in [1.29, 1.82) is 5.41 Å². The van der Waals surface area contributed by atoms with Gasteiger partial charge in [0.2, 0.25) is 0 Å². The summed E-state index contributed by atoms with van der Waals surface area (Å²) in [5, 5.41) is 8.14. The maximum atomic E-state index is 7.54. The molecule has 16 heavy (non-hydrogen) atoms. The molecule has 4 heteroatoms. The van der Waals surface area contributed by atoms with E-state index in [2.05, 4.69) is 11.8 Å². The number of nitrogens with zero attached hydrogens (tertiary/aromatic N) is 1. The number of hydrogen-bond acceptors (Lipinski definition) is 2. The van der Waals surface area contributed by atoms with Crippen LogP contribution >= 0.6 is 11.6 Å². The Morgan fingerprint density at radius 2 is 2.19 bits per heavy atom. The molecule has 0 aliphatic heterocycles. The van der Waals surface area contributed by atoms with Crippen molar-refractivity contribution in [3.05, 3.63) is 28.8 Å². The molecule has 1 rings (SSSR count). The molecule has 0 amide bonds. The quantitative estimate of drug-likeness (QED) is 0.613. The lowest BCUT2D eigenvalue weighted by Gasteiger charge is -2.22. The van der Waals surface area contributed by atoms with Gasteiger partial charge in [0, 0.05) is 29.9 Å². The monoisotopic (exact) mass is 239 g/mol. The maximum Gasteiger partial charge on any atom is 0.124 e. The van der Waals surface area contributed by atoms with Gasteiger partial charge in [-0.05, 0) is 24.6 Å². The number of halogens is 1. The van der Waals surface area contributed by atoms with Crippen LogP contribution in [0, 0.1) is 5.41 Å². The van der Waals surface area contributed by atoms with Crippen LogP contribution in [-0.4, -0.2) is 19.4 Å². The molecule has 0 spiro atoms. The van der Waals surface area contributed by atoms with E-state index in [1.54, 1.807) is 6.07 Å². The molecule has 0 bridgehead atoms. The zero-order valence-corrected chi connectivity index (χ0v) is 10.5. The minimum absolute atomic E-state index is 0.0563. The summed E-state index contributed by atoms with van der Waals surface area (Å²) in [6.07, 6.45) is 2.27. The van der Waals surface area contributed by atoms with Crippen LogP contribution in [-0.2, 0) is 0 Å². The Labute approximate surface area is 102 Å². The van der Waals surface area contributed by atoms with Crippen LogP contribution in [0.15, 0.2) is 18.2 Å². The second-order valence-electron chi connectivity index (χ2n) is 3.85. The first-order chi connectivity index (χ1) is 7.56. The van der Waals surface area contributed by atoms with Gasteiger partial charge in [0.15, 0.2) is 0 Å². The largest absolute Gasteiger partial charge is 0.384 e. The van der Waals surface area contributed by atoms with Crippen LogP contribution in [0.1, 0.15) is 25.3 Å². The van der Waals surface area contributed by atoms with E-state index in [0.717, 1.165) is 25.1 Å². The highest BCUT2D eigenvalue weighted by molar-refractivity contribution is 6.31. The van der Waals surface area contributed by atoms with E-state index in [4.69, 9.17) is 22.7 Å². The summed E-state index contributed by atoms with van der Waals surface area (Å²) in [5.74, 6) is 0.0563. The Morgan fingerprint density at radius 1 is 1.50 bits per heavy atom. The zero-order chi connectivity index (χ0) is 12.1. The maximum absolute atomic E-state index is 7.54. The average Bonchev–Trinajstić information content (AvgIpc) is 2.25. The van der Waals surface area contributed by atoms with E-state index in [1.165, 1.54) is 0 Å². The van der Waals surface area contributed by atoms with Gasteiger partial charge in [0.1, 0.15) is 5.84 Å². The van der Waals surface area contributed by atoms with Crippen molar-refractivity contribution in [2.45, 2.75) is 19.8 Å². The van der Waals surface area contributed by atoms with Crippen molar-refractivity contribution in [2.24, 2.45) is 5.73 Å². The summed E-state index contributed by atoms with van der Waals surface area (Å²) in [4.78, 5) is 2.11. The summed E-state index contributed by atoms with van der Waals surface area (Å²) < 4.78 is 0. The van der Waals surface area contributed by atoms with Gasteiger partial charge in [0.25, 0.3) is 0 Å². The molecule has 3 nitrogen and oxygen atoms in total. The van der Waals surface area contributed by atoms with Crippen LogP contribution < -0.4 is 10.6 Å². The topological polar surface area (TPSA) is 53.1 Å². The molecule has 0 saturated carbocycles. The van der Waals surface area contributed by atoms with Gasteiger partial charge in [-0.25, -0.2) is 0 Å². The van der Waals surface area contributed by atoms with E-state index in [-0.39, 0.29) is 5.84 Å². The van der Waals surface area contributed by atoms with Gasteiger partial charge in [0.05, 0.1) is 0 Å². The van der Waals surface area contributed by atoms with E-state index < -0.39 is 0 Å². The third kappa shape index (κ3) is 3.14. The van der Waals surface area contributed by atoms with Gasteiger partial charge in [-0.3, -0.25) is 5.41 Å². The van der Waals surface area contributed by atoms with Gasteiger partial charge >= 0.3 is 0 Å². The van der Waals surface area contributed by atoms with Gasteiger partial charge < -0.3 is 10.6 Å². The molecule has 88 valence electrons. The molecule has 0 heterocycles. The Kier molecular flexibility index (Phi) is 4.62. The number of hydrogen-bond donors (Lipinski definition) is 2. The molecule has 0 aliphatic carbocycles. The molecular weight excluding hydrogens is 222 g/mol. The summed E-state index contributed by atoms with van der Waals surface area (Å²) in [6.45, 7) is 3.11. The summed E-state index contributed by atoms with van der Waals surface area (Å²) in [5.41, 5.74) is 7.21. The van der Waals surface area contributed by atoms with Gasteiger partial charge in [-0.2, -0.15) is 0 Å². The Morgan fingerprint density at radius 3 is 2.75 bits per heavy atom. The van der Waals surface area contributed by atoms with E-state index >= 15 is 0 Å². The van der Waals surface area contributed by atoms with E-state index in [1.807, 2.05) is 19.2 Å². The van der Waals surface area contributed by atoms with Crippen LogP contribution in [0.5, 0.6) is 0 Å². The van der Waals surface area contributed by atoms with Crippen molar-refractivity contribution in [2.75, 3.05) is 18.5 Å². The predicted octanol–water partition coefficient (Wildman–Crippen LogP) is 2.86. The molecule has 0 aliphatic rings. The highest BCUT2D eigenvalue weighted by Gasteiger charge is 2.09. The highest BCUT2D eigenvalue weighted by atomic mass is 35.5. The number of rotatable bonds is 5. The van der Waals surface area contributed by atoms with Crippen LogP contribution in [0.2, 0.25) is 5.02 Å². The molecule has 0 atom stereocenters. The SMILES string of the molecule is CCCCN(C)c1ccc(Cl)cc1C(=N)N. The van der Waals surface area contributed by atoms with Crippen LogP contribution in [0.25, 0.3) is 0 Å². The number of nitrogen functional groups attached to an aromatic ring is 1. The third-order valence-corrected chi connectivity index (χ3v) is 2.74. The van der Waals surface area contributed by atoms with Crippen molar-refractivity contribution >= 4 is 23.1 Å². The van der Waals surface area contributed by atoms with E-state index in [0.29, 0.717) is 10.6 Å². The Balaban J connectivity index is 2.98. The standard InChI is InChI=1S/C12H18ClN3/c1-3-4-7-16(2)11-6-5-9(13)8-10(11)12(14)15/h5-6,8H,3-4,7H2,1-2H3,(H3,14,15). The van der Waals surface area contributed by atoms with Crippen molar-refractivity contribution in [1.82, 2.24) is 0 Å². The zero-order valence-electron chi connectivity index (χ0n) is 9.76. The molecule has 0 unspecified atom stereocenters. The fourth-order valence-electron chi connectivity index (χ4n) is 1.57. The number of unbranched alkanes of at least 4 members (excludes halogenated alkanes) is 1. The number of anilines is 1. The second kappa shape index (κ2) is 5.75. The first-order valence-corrected chi connectivity index (χ1v) is 5.79. The highest BCUT2D eigenvalue weighted by Crippen LogP contribution is 2.23. The molecule has 0 saturated heterocycles. The lowest BCUT2D eigenvalue weighted by molar-refractivity contribution is 0.766. The van der Waals surface area contributed by atoms with Crippen molar-refractivity contribution < 1.29 is 0 Å². The smallest absolute Gasteiger partial charge is 0.124 e. The average molecular weight is 240 g/mol. The molecule has 0 fully saturated rings. The summed E-state index contributed by atoms with van der Waals surface area (Å²) in [7, 11) is 2.01. The molecule has 3 N–H and O–H groups in total. The minimum atomic E-state index is 0.0563. The first kappa shape index (κ1) is 12.8. The van der Waals surface area contributed by atoms with Gasteiger partial charge in [-0.15, -0.1) is 0 Å². The molecule has 1 aromatic carbocycles. The lowest BCUT2D eigenvalue weighted by atomic mass is 10.1. The number of nitrogens with one attached hydrogen (secondary N) is 1. The minimum Gasteiger partial charge on any atom is -0.384 e. The van der Waals surface area contributed by atoms with Crippen molar-refractivity contribution in [3.63, 3.8) is 0 Å². The van der Waals surface area contributed by atoms with Crippen LogP contribution in [0.4, 0.5) is 5.69 Å². The molecule has 0 aromatic heterocycles. The third-order valence-electron chi connectivity index (χ3n) is 2.51. The lowest BCUT2D eigenvalue weighted by Crippen LogP contribution is -2.23. The number of benzene rings is 1. The Bertz CT molecular complexity index is 377. The van der Waals surface area contributed by atoms with E-state index in [9.17, 15) is 0 Å². The molecule has 0 radical (unpaired) electrons. The molecular formula is C12H18ClN3. The second-order valence-corrected chi connectivity index (χ2v) is 4.29. The fourth-order valence-corrected chi connectivity index (χ4v) is 1.74. The normalized spacial score (nSPS) is 10.2. The summed E-state index contributed by atoms with van der Waals surface area (Å²) >= 11 is 5.90. The Hall–Kier alpha value is -1.22. The number of nitrogens with two attached hydrogens (primary N) is 1. The van der Waals surface area contributed by atoms with Crippen molar-refractivity contribution in [3.8, 4) is 0 Å². The predicted molar refractivity (Wildman–Crippen MR) is 70.6 cm³/mol. The first-order valence-electron chi connectivity index (χ1n) is 5.41. The summed E-state index contributed by atoms with van der Waals surface area (Å²) in [6, 6.07) is 5.47. The molecule has 1 aromatic rings. The van der Waals surface area contributed by atoms with Gasteiger partial charge in [-0.1, -0.05) is 24.9 Å². The van der Waals surface area contributed by atoms with Crippen LogP contribution in [0.3, 0.4) is 0 Å². The number of amidine groups is 1. The fraction of sp³-hybridized carbons (Fsp3) is 0.417.